The summed E-state index contributed by atoms with van der Waals surface area (Å²) in [7, 11) is 0. The number of aromatic nitrogens is 1. The molecule has 1 atom stereocenters. The SMILES string of the molecule is CCCCOc1ccc(C[C@H](NC(=O)C(=O)c2ccc(F)cc2)c2nc(/C=C(C)/C=C(/C)C(=O)OCC)cs2)cc1. The Morgan fingerprint density at radius 1 is 1.05 bits per heavy atom. The molecule has 0 aliphatic heterocycles. The summed E-state index contributed by atoms with van der Waals surface area (Å²) in [6.07, 6.45) is 5.95. The predicted octanol–water partition coefficient (Wildman–Crippen LogP) is 6.66. The van der Waals surface area contributed by atoms with E-state index in [0.29, 0.717) is 35.9 Å². The number of Topliss-reactive ketones (excluding diaryl/α,β-unsaturated/α-hetero) is 1. The number of ketones is 1. The normalized spacial score (nSPS) is 12.5. The van der Waals surface area contributed by atoms with E-state index in [4.69, 9.17) is 14.5 Å². The Hall–Kier alpha value is -4.11. The van der Waals surface area contributed by atoms with Crippen molar-refractivity contribution < 1.29 is 28.2 Å². The molecule has 0 unspecified atom stereocenters. The van der Waals surface area contributed by atoms with Crippen LogP contribution in [0.1, 0.15) is 73.2 Å². The summed E-state index contributed by atoms with van der Waals surface area (Å²) in [6, 6.07) is 11.9. The highest BCUT2D eigenvalue weighted by molar-refractivity contribution is 7.09. The topological polar surface area (TPSA) is 94.6 Å². The molecule has 0 aliphatic rings. The van der Waals surface area contributed by atoms with Gasteiger partial charge in [0.15, 0.2) is 0 Å². The first-order valence-electron chi connectivity index (χ1n) is 13.5. The van der Waals surface area contributed by atoms with Crippen molar-refractivity contribution in [3.05, 3.63) is 98.8 Å². The number of thiazole rings is 1. The van der Waals surface area contributed by atoms with E-state index in [0.717, 1.165) is 41.9 Å². The van der Waals surface area contributed by atoms with E-state index in [2.05, 4.69) is 12.2 Å². The highest BCUT2D eigenvalue weighted by Crippen LogP contribution is 2.25. The van der Waals surface area contributed by atoms with Crippen LogP contribution >= 0.6 is 11.3 Å². The first-order chi connectivity index (χ1) is 19.7. The van der Waals surface area contributed by atoms with Crippen LogP contribution in [0.25, 0.3) is 6.08 Å². The number of esters is 1. The van der Waals surface area contributed by atoms with Crippen molar-refractivity contribution in [1.82, 2.24) is 10.3 Å². The molecule has 1 N–H and O–H groups in total. The maximum Gasteiger partial charge on any atom is 0.333 e. The van der Waals surface area contributed by atoms with Crippen LogP contribution in [0.15, 0.2) is 71.1 Å². The Morgan fingerprint density at radius 2 is 1.76 bits per heavy atom. The summed E-state index contributed by atoms with van der Waals surface area (Å²) < 4.78 is 24.1. The minimum absolute atomic E-state index is 0.0957. The van der Waals surface area contributed by atoms with Gasteiger partial charge in [0, 0.05) is 16.5 Å². The lowest BCUT2D eigenvalue weighted by molar-refractivity contribution is -0.138. The Labute approximate surface area is 244 Å². The number of carbonyl (C=O) groups excluding carboxylic acids is 3. The van der Waals surface area contributed by atoms with Crippen molar-refractivity contribution in [3.63, 3.8) is 0 Å². The number of ether oxygens (including phenoxy) is 2. The van der Waals surface area contributed by atoms with Gasteiger partial charge < -0.3 is 14.8 Å². The van der Waals surface area contributed by atoms with Crippen LogP contribution in [0.2, 0.25) is 0 Å². The van der Waals surface area contributed by atoms with E-state index in [1.807, 2.05) is 42.6 Å². The zero-order valence-corrected chi connectivity index (χ0v) is 24.6. The number of nitrogens with zero attached hydrogens (tertiary/aromatic N) is 1. The van der Waals surface area contributed by atoms with Gasteiger partial charge in [0.1, 0.15) is 16.6 Å². The molecule has 9 heteroatoms. The summed E-state index contributed by atoms with van der Waals surface area (Å²) in [5, 5.41) is 5.27. The van der Waals surface area contributed by atoms with Crippen molar-refractivity contribution in [3.8, 4) is 5.75 Å². The highest BCUT2D eigenvalue weighted by Gasteiger charge is 2.24. The molecule has 1 heterocycles. The maximum atomic E-state index is 13.3. The molecular formula is C32H35FN2O5S. The average molecular weight is 579 g/mol. The molecule has 0 saturated heterocycles. The number of hydrogen-bond donors (Lipinski definition) is 1. The van der Waals surface area contributed by atoms with Gasteiger partial charge in [-0.25, -0.2) is 14.2 Å². The van der Waals surface area contributed by atoms with E-state index in [9.17, 15) is 18.8 Å². The number of carbonyl (C=O) groups is 3. The molecule has 0 saturated carbocycles. The molecule has 216 valence electrons. The second-order valence-electron chi connectivity index (χ2n) is 9.46. The van der Waals surface area contributed by atoms with E-state index in [-0.39, 0.29) is 11.5 Å². The zero-order valence-electron chi connectivity index (χ0n) is 23.7. The third kappa shape index (κ3) is 9.79. The predicted molar refractivity (Wildman–Crippen MR) is 158 cm³/mol. The smallest absolute Gasteiger partial charge is 0.333 e. The molecule has 0 spiro atoms. The largest absolute Gasteiger partial charge is 0.494 e. The quantitative estimate of drug-likeness (QED) is 0.0574. The third-order valence-electron chi connectivity index (χ3n) is 6.00. The molecule has 0 radical (unpaired) electrons. The van der Waals surface area contributed by atoms with Crippen molar-refractivity contribution in [1.29, 1.82) is 0 Å². The van der Waals surface area contributed by atoms with Crippen molar-refractivity contribution >= 4 is 35.1 Å². The van der Waals surface area contributed by atoms with E-state index in [1.165, 1.54) is 23.5 Å². The lowest BCUT2D eigenvalue weighted by atomic mass is 10.0. The van der Waals surface area contributed by atoms with Gasteiger partial charge in [-0.3, -0.25) is 9.59 Å². The fourth-order valence-electron chi connectivity index (χ4n) is 3.90. The maximum absolute atomic E-state index is 13.3. The molecule has 1 amide bonds. The van der Waals surface area contributed by atoms with Gasteiger partial charge in [-0.05, 0) is 93.3 Å². The van der Waals surface area contributed by atoms with Crippen LogP contribution in [0, 0.1) is 5.82 Å². The van der Waals surface area contributed by atoms with E-state index >= 15 is 0 Å². The molecule has 0 bridgehead atoms. The molecule has 0 fully saturated rings. The molecule has 2 aromatic carbocycles. The van der Waals surface area contributed by atoms with Crippen LogP contribution in [0.5, 0.6) is 5.75 Å². The number of benzene rings is 2. The molecule has 3 aromatic rings. The fourth-order valence-corrected chi connectivity index (χ4v) is 4.72. The summed E-state index contributed by atoms with van der Waals surface area (Å²) in [5.41, 5.74) is 2.95. The first-order valence-corrected chi connectivity index (χ1v) is 14.4. The minimum atomic E-state index is -0.808. The van der Waals surface area contributed by atoms with Gasteiger partial charge in [0.25, 0.3) is 5.91 Å². The molecule has 7 nitrogen and oxygen atoms in total. The lowest BCUT2D eigenvalue weighted by Crippen LogP contribution is -2.35. The number of allylic oxidation sites excluding steroid dienone is 2. The van der Waals surface area contributed by atoms with Gasteiger partial charge in [-0.15, -0.1) is 11.3 Å². The Kier molecular flexibility index (Phi) is 12.0. The highest BCUT2D eigenvalue weighted by atomic mass is 32.1. The molecular weight excluding hydrogens is 543 g/mol. The van der Waals surface area contributed by atoms with Gasteiger partial charge in [-0.1, -0.05) is 25.5 Å². The van der Waals surface area contributed by atoms with Crippen LogP contribution < -0.4 is 10.1 Å². The monoisotopic (exact) mass is 578 g/mol. The van der Waals surface area contributed by atoms with Crippen LogP contribution in [-0.4, -0.2) is 35.9 Å². The number of amides is 1. The summed E-state index contributed by atoms with van der Waals surface area (Å²) in [4.78, 5) is 42.4. The summed E-state index contributed by atoms with van der Waals surface area (Å²) in [5.74, 6) is -1.68. The number of unbranched alkanes of at least 4 members (excludes halogenated alkanes) is 1. The molecule has 3 rings (SSSR count). The number of hydrogen-bond acceptors (Lipinski definition) is 7. The van der Waals surface area contributed by atoms with Crippen molar-refractivity contribution in [2.45, 2.75) is 53.0 Å². The van der Waals surface area contributed by atoms with Gasteiger partial charge in [0.2, 0.25) is 5.78 Å². The Bertz CT molecular complexity index is 1390. The number of rotatable bonds is 14. The lowest BCUT2D eigenvalue weighted by Gasteiger charge is -2.17. The summed E-state index contributed by atoms with van der Waals surface area (Å²) >= 11 is 1.35. The molecule has 0 aliphatic carbocycles. The Morgan fingerprint density at radius 3 is 2.41 bits per heavy atom. The standard InChI is InChI=1S/C32H35FN2O5S/c1-5-7-16-40-27-14-8-23(9-15-27)19-28(35-30(37)29(36)24-10-12-25(33)13-11-24)31-34-26(20-41-31)18-21(3)17-22(4)32(38)39-6-2/h8-15,17-18,20,28H,5-7,16,19H2,1-4H3,(H,35,37)/b21-18+,22-17-/t28-/m0/s1. The van der Waals surface area contributed by atoms with Gasteiger partial charge >= 0.3 is 5.97 Å². The van der Waals surface area contributed by atoms with E-state index in [1.54, 1.807) is 19.9 Å². The van der Waals surface area contributed by atoms with Gasteiger partial charge in [0.05, 0.1) is 24.9 Å². The third-order valence-corrected chi connectivity index (χ3v) is 6.98. The second-order valence-corrected chi connectivity index (χ2v) is 10.3. The number of halogens is 1. The molecule has 41 heavy (non-hydrogen) atoms. The fraction of sp³-hybridized carbons (Fsp3) is 0.312. The van der Waals surface area contributed by atoms with Gasteiger partial charge in [-0.2, -0.15) is 0 Å². The minimum Gasteiger partial charge on any atom is -0.494 e. The van der Waals surface area contributed by atoms with Crippen LogP contribution in [-0.2, 0) is 20.7 Å². The first kappa shape index (κ1) is 31.4. The number of nitrogens with one attached hydrogen (secondary N) is 1. The zero-order chi connectivity index (χ0) is 29.8. The van der Waals surface area contributed by atoms with Crippen LogP contribution in [0.4, 0.5) is 4.39 Å². The summed E-state index contributed by atoms with van der Waals surface area (Å²) in [6.45, 7) is 8.34. The molecule has 1 aromatic heterocycles. The Balaban J connectivity index is 1.82. The van der Waals surface area contributed by atoms with E-state index < -0.39 is 23.5 Å². The van der Waals surface area contributed by atoms with Crippen molar-refractivity contribution in [2.24, 2.45) is 0 Å². The van der Waals surface area contributed by atoms with Crippen molar-refractivity contribution in [2.75, 3.05) is 13.2 Å². The average Bonchev–Trinajstić information content (AvgIpc) is 3.42. The second kappa shape index (κ2) is 15.6. The van der Waals surface area contributed by atoms with Crippen LogP contribution in [0.3, 0.4) is 0 Å².